The zero-order valence-electron chi connectivity index (χ0n) is 10.7. The van der Waals surface area contributed by atoms with Crippen molar-refractivity contribution in [2.45, 2.75) is 20.5 Å². The number of benzene rings is 1. The van der Waals surface area contributed by atoms with Gasteiger partial charge >= 0.3 is 0 Å². The van der Waals surface area contributed by atoms with E-state index >= 15 is 0 Å². The van der Waals surface area contributed by atoms with Gasteiger partial charge in [0.15, 0.2) is 0 Å². The Bertz CT molecular complexity index is 538. The molecule has 1 aromatic heterocycles. The molecule has 0 saturated heterocycles. The minimum atomic E-state index is 0.0259. The number of ether oxygens (including phenoxy) is 1. The first-order valence-corrected chi connectivity index (χ1v) is 6.05. The summed E-state index contributed by atoms with van der Waals surface area (Å²) in [4.78, 5) is 4.50. The van der Waals surface area contributed by atoms with Crippen LogP contribution in [0.2, 0.25) is 0 Å². The van der Waals surface area contributed by atoms with Crippen molar-refractivity contribution in [3.8, 4) is 17.0 Å². The number of aryl methyl sites for hydroxylation is 1. The number of hydrogen-bond acceptors (Lipinski definition) is 3. The van der Waals surface area contributed by atoms with Crippen LogP contribution in [0.3, 0.4) is 0 Å². The van der Waals surface area contributed by atoms with Crippen LogP contribution in [0.5, 0.6) is 5.75 Å². The van der Waals surface area contributed by atoms with Gasteiger partial charge in [-0.15, -0.1) is 0 Å². The molecule has 3 nitrogen and oxygen atoms in total. The maximum absolute atomic E-state index is 9.13. The molecule has 94 valence electrons. The molecule has 0 fully saturated rings. The van der Waals surface area contributed by atoms with Crippen molar-refractivity contribution in [3.63, 3.8) is 0 Å². The van der Waals surface area contributed by atoms with E-state index in [1.54, 1.807) is 0 Å². The lowest BCUT2D eigenvalue weighted by atomic mass is 10.1. The van der Waals surface area contributed by atoms with Gasteiger partial charge in [-0.2, -0.15) is 0 Å². The lowest BCUT2D eigenvalue weighted by Crippen LogP contribution is -1.95. The molecular weight excluding hydrogens is 226 g/mol. The lowest BCUT2D eigenvalue weighted by Gasteiger charge is -2.08. The third kappa shape index (κ3) is 2.68. The average Bonchev–Trinajstić information content (AvgIpc) is 2.39. The highest BCUT2D eigenvalue weighted by Crippen LogP contribution is 2.23. The molecule has 3 heteroatoms. The van der Waals surface area contributed by atoms with Crippen LogP contribution in [0.15, 0.2) is 36.4 Å². The Kier molecular flexibility index (Phi) is 3.95. The predicted octanol–water partition coefficient (Wildman–Crippen LogP) is 2.95. The predicted molar refractivity (Wildman–Crippen MR) is 71.5 cm³/mol. The SMILES string of the molecule is CCOc1cccc(-c2ccc(CO)c(C)n2)c1. The third-order valence-electron chi connectivity index (χ3n) is 2.81. The molecule has 1 N–H and O–H groups in total. The topological polar surface area (TPSA) is 42.4 Å². The lowest BCUT2D eigenvalue weighted by molar-refractivity contribution is 0.280. The van der Waals surface area contributed by atoms with Crippen molar-refractivity contribution < 1.29 is 9.84 Å². The van der Waals surface area contributed by atoms with Gasteiger partial charge in [0.2, 0.25) is 0 Å². The van der Waals surface area contributed by atoms with Gasteiger partial charge in [0.25, 0.3) is 0 Å². The van der Waals surface area contributed by atoms with Gasteiger partial charge in [0.05, 0.1) is 18.9 Å². The van der Waals surface area contributed by atoms with Crippen LogP contribution >= 0.6 is 0 Å². The number of aliphatic hydroxyl groups is 1. The van der Waals surface area contributed by atoms with Gasteiger partial charge in [0.1, 0.15) is 5.75 Å². The van der Waals surface area contributed by atoms with Crippen molar-refractivity contribution in [1.82, 2.24) is 4.98 Å². The highest BCUT2D eigenvalue weighted by molar-refractivity contribution is 5.61. The van der Waals surface area contributed by atoms with Gasteiger partial charge in [-0.05, 0) is 37.6 Å². The van der Waals surface area contributed by atoms with Gasteiger partial charge in [0, 0.05) is 11.3 Å². The van der Waals surface area contributed by atoms with E-state index in [-0.39, 0.29) is 6.61 Å². The normalized spacial score (nSPS) is 10.4. The number of aromatic nitrogens is 1. The summed E-state index contributed by atoms with van der Waals surface area (Å²) in [5, 5.41) is 9.13. The molecule has 2 rings (SSSR count). The van der Waals surface area contributed by atoms with Gasteiger partial charge in [-0.25, -0.2) is 0 Å². The summed E-state index contributed by atoms with van der Waals surface area (Å²) in [6.45, 7) is 4.55. The van der Waals surface area contributed by atoms with Crippen molar-refractivity contribution >= 4 is 0 Å². The fourth-order valence-corrected chi connectivity index (χ4v) is 1.83. The quantitative estimate of drug-likeness (QED) is 0.897. The monoisotopic (exact) mass is 243 g/mol. The van der Waals surface area contributed by atoms with Crippen LogP contribution in [-0.4, -0.2) is 16.7 Å². The molecule has 18 heavy (non-hydrogen) atoms. The van der Waals surface area contributed by atoms with Gasteiger partial charge < -0.3 is 9.84 Å². The maximum atomic E-state index is 9.13. The van der Waals surface area contributed by atoms with Crippen molar-refractivity contribution in [1.29, 1.82) is 0 Å². The second-order valence-electron chi connectivity index (χ2n) is 4.06. The first-order valence-electron chi connectivity index (χ1n) is 6.05. The minimum Gasteiger partial charge on any atom is -0.494 e. The second-order valence-corrected chi connectivity index (χ2v) is 4.06. The Morgan fingerprint density at radius 1 is 1.22 bits per heavy atom. The van der Waals surface area contributed by atoms with Crippen LogP contribution in [0.1, 0.15) is 18.2 Å². The molecule has 0 saturated carbocycles. The van der Waals surface area contributed by atoms with Crippen molar-refractivity contribution in [2.24, 2.45) is 0 Å². The maximum Gasteiger partial charge on any atom is 0.119 e. The zero-order chi connectivity index (χ0) is 13.0. The summed E-state index contributed by atoms with van der Waals surface area (Å²) in [6, 6.07) is 11.7. The van der Waals surface area contributed by atoms with Crippen LogP contribution in [0, 0.1) is 6.92 Å². The summed E-state index contributed by atoms with van der Waals surface area (Å²) in [5.74, 6) is 0.848. The average molecular weight is 243 g/mol. The molecule has 0 aliphatic carbocycles. The van der Waals surface area contributed by atoms with E-state index < -0.39 is 0 Å². The van der Waals surface area contributed by atoms with Gasteiger partial charge in [-0.1, -0.05) is 18.2 Å². The molecule has 1 heterocycles. The molecule has 0 aliphatic rings. The van der Waals surface area contributed by atoms with Crippen molar-refractivity contribution in [3.05, 3.63) is 47.7 Å². The first kappa shape index (κ1) is 12.6. The highest BCUT2D eigenvalue weighted by atomic mass is 16.5. The fraction of sp³-hybridized carbons (Fsp3) is 0.267. The summed E-state index contributed by atoms with van der Waals surface area (Å²) < 4.78 is 5.48. The minimum absolute atomic E-state index is 0.0259. The summed E-state index contributed by atoms with van der Waals surface area (Å²) in [6.07, 6.45) is 0. The van der Waals surface area contributed by atoms with E-state index in [9.17, 15) is 0 Å². The summed E-state index contributed by atoms with van der Waals surface area (Å²) in [7, 11) is 0. The molecule has 0 spiro atoms. The number of aliphatic hydroxyl groups excluding tert-OH is 1. The Morgan fingerprint density at radius 3 is 2.72 bits per heavy atom. The van der Waals surface area contributed by atoms with E-state index in [0.29, 0.717) is 6.61 Å². The van der Waals surface area contributed by atoms with Crippen LogP contribution in [-0.2, 0) is 6.61 Å². The summed E-state index contributed by atoms with van der Waals surface area (Å²) in [5.41, 5.74) is 3.64. The van der Waals surface area contributed by atoms with E-state index in [0.717, 1.165) is 28.3 Å². The molecule has 0 atom stereocenters. The van der Waals surface area contributed by atoms with Crippen LogP contribution < -0.4 is 4.74 Å². The molecule has 1 aromatic carbocycles. The number of hydrogen-bond donors (Lipinski definition) is 1. The smallest absolute Gasteiger partial charge is 0.119 e. The zero-order valence-corrected chi connectivity index (χ0v) is 10.7. The number of pyridine rings is 1. The molecule has 0 radical (unpaired) electrons. The standard InChI is InChI=1S/C15H17NO2/c1-3-18-14-6-4-5-12(9-14)15-8-7-13(10-17)11(2)16-15/h4-9,17H,3,10H2,1-2H3. The highest BCUT2D eigenvalue weighted by Gasteiger charge is 2.04. The summed E-state index contributed by atoms with van der Waals surface area (Å²) >= 11 is 0. The molecule has 0 unspecified atom stereocenters. The van der Waals surface area contributed by atoms with E-state index in [2.05, 4.69) is 4.98 Å². The Hall–Kier alpha value is -1.87. The number of rotatable bonds is 4. The molecule has 0 amide bonds. The Balaban J connectivity index is 2.36. The molecular formula is C15H17NO2. The first-order chi connectivity index (χ1) is 8.74. The Morgan fingerprint density at radius 2 is 2.06 bits per heavy atom. The third-order valence-corrected chi connectivity index (χ3v) is 2.81. The molecule has 2 aromatic rings. The van der Waals surface area contributed by atoms with Crippen LogP contribution in [0.25, 0.3) is 11.3 Å². The number of nitrogens with zero attached hydrogens (tertiary/aromatic N) is 1. The Labute approximate surface area is 107 Å². The largest absolute Gasteiger partial charge is 0.494 e. The molecule has 0 aliphatic heterocycles. The fourth-order valence-electron chi connectivity index (χ4n) is 1.83. The van der Waals surface area contributed by atoms with Crippen LogP contribution in [0.4, 0.5) is 0 Å². The second kappa shape index (κ2) is 5.65. The van der Waals surface area contributed by atoms with Gasteiger partial charge in [-0.3, -0.25) is 4.98 Å². The van der Waals surface area contributed by atoms with E-state index in [4.69, 9.17) is 9.84 Å². The van der Waals surface area contributed by atoms with E-state index in [1.807, 2.05) is 50.2 Å². The van der Waals surface area contributed by atoms with E-state index in [1.165, 1.54) is 0 Å². The molecule has 0 bridgehead atoms. The van der Waals surface area contributed by atoms with Crippen molar-refractivity contribution in [2.75, 3.05) is 6.61 Å².